The van der Waals surface area contributed by atoms with E-state index < -0.39 is 0 Å². The van der Waals surface area contributed by atoms with Crippen LogP contribution in [0.2, 0.25) is 5.02 Å². The fraction of sp³-hybridized carbons (Fsp3) is 0.200. The molecule has 3 rings (SSSR count). The van der Waals surface area contributed by atoms with E-state index in [1.807, 2.05) is 31.2 Å². The highest BCUT2D eigenvalue weighted by Crippen LogP contribution is 2.34. The molecule has 1 aliphatic rings. The molecular formula is C15H14ClN3O. The molecule has 0 spiro atoms. The molecule has 102 valence electrons. The average molecular weight is 288 g/mol. The summed E-state index contributed by atoms with van der Waals surface area (Å²) in [6.45, 7) is 2.02. The zero-order chi connectivity index (χ0) is 14.1. The Hall–Kier alpha value is -1.91. The van der Waals surface area contributed by atoms with Gasteiger partial charge in [0.25, 0.3) is 0 Å². The number of anilines is 1. The molecule has 20 heavy (non-hydrogen) atoms. The normalized spacial score (nSPS) is 18.5. The highest BCUT2D eigenvalue weighted by molar-refractivity contribution is 6.31. The lowest BCUT2D eigenvalue weighted by atomic mass is 10.0. The summed E-state index contributed by atoms with van der Waals surface area (Å²) in [4.78, 5) is 16.1. The molecule has 0 saturated carbocycles. The number of carbonyl (C=O) groups excluding carboxylic acids is 1. The molecule has 0 saturated heterocycles. The molecule has 0 bridgehead atoms. The average Bonchev–Trinajstić information content (AvgIpc) is 2.76. The van der Waals surface area contributed by atoms with Gasteiger partial charge in [0, 0.05) is 34.7 Å². The minimum Gasteiger partial charge on any atom is -0.324 e. The molecule has 0 radical (unpaired) electrons. The number of pyridine rings is 1. The predicted molar refractivity (Wildman–Crippen MR) is 78.6 cm³/mol. The Morgan fingerprint density at radius 3 is 2.80 bits per heavy atom. The maximum absolute atomic E-state index is 12.1. The van der Waals surface area contributed by atoms with Gasteiger partial charge in [-0.25, -0.2) is 0 Å². The van der Waals surface area contributed by atoms with E-state index in [2.05, 4.69) is 15.6 Å². The van der Waals surface area contributed by atoms with Crippen LogP contribution in [0.15, 0.2) is 42.7 Å². The Kier molecular flexibility index (Phi) is 3.42. The highest BCUT2D eigenvalue weighted by atomic mass is 35.5. The first-order valence-corrected chi connectivity index (χ1v) is 6.79. The second-order valence-electron chi connectivity index (χ2n) is 4.82. The predicted octanol–water partition coefficient (Wildman–Crippen LogP) is 3.08. The Bertz CT molecular complexity index is 645. The van der Waals surface area contributed by atoms with Crippen molar-refractivity contribution < 1.29 is 4.79 Å². The summed E-state index contributed by atoms with van der Waals surface area (Å²) in [7, 11) is 0. The number of benzene rings is 1. The van der Waals surface area contributed by atoms with Crippen LogP contribution < -0.4 is 10.6 Å². The van der Waals surface area contributed by atoms with Crippen LogP contribution in [-0.2, 0) is 4.79 Å². The Balaban J connectivity index is 1.85. The molecule has 1 aromatic heterocycles. The molecule has 2 atom stereocenters. The molecule has 2 unspecified atom stereocenters. The molecule has 1 amide bonds. The standard InChI is InChI=1S/C15H14ClN3O/c1-9(10-4-6-17-7-5-10)18-14-12-8-11(16)2-3-13(12)19-15(14)20/h2-9,14,18H,1H3,(H,19,20). The SMILES string of the molecule is CC(NC1C(=O)Nc2ccc(Cl)cc21)c1ccncc1. The molecule has 2 N–H and O–H groups in total. The fourth-order valence-corrected chi connectivity index (χ4v) is 2.58. The molecule has 0 fully saturated rings. The summed E-state index contributed by atoms with van der Waals surface area (Å²) in [5, 5.41) is 6.82. The van der Waals surface area contributed by atoms with Gasteiger partial charge in [0.1, 0.15) is 6.04 Å². The number of nitrogens with one attached hydrogen (secondary N) is 2. The lowest BCUT2D eigenvalue weighted by Crippen LogP contribution is -2.29. The summed E-state index contributed by atoms with van der Waals surface area (Å²) in [6, 6.07) is 8.95. The Morgan fingerprint density at radius 1 is 1.30 bits per heavy atom. The number of carbonyl (C=O) groups is 1. The van der Waals surface area contributed by atoms with E-state index in [0.717, 1.165) is 16.8 Å². The molecule has 0 aliphatic carbocycles. The maximum atomic E-state index is 12.1. The fourth-order valence-electron chi connectivity index (χ4n) is 2.40. The number of rotatable bonds is 3. The number of hydrogen-bond donors (Lipinski definition) is 2. The summed E-state index contributed by atoms with van der Waals surface area (Å²) >= 11 is 6.01. The molecule has 1 aromatic carbocycles. The third-order valence-corrected chi connectivity index (χ3v) is 3.70. The van der Waals surface area contributed by atoms with Gasteiger partial charge in [0.2, 0.25) is 5.91 Å². The van der Waals surface area contributed by atoms with Crippen LogP contribution >= 0.6 is 11.6 Å². The van der Waals surface area contributed by atoms with Gasteiger partial charge in [-0.05, 0) is 42.8 Å². The first-order valence-electron chi connectivity index (χ1n) is 6.41. The maximum Gasteiger partial charge on any atom is 0.246 e. The van der Waals surface area contributed by atoms with E-state index in [0.29, 0.717) is 5.02 Å². The second-order valence-corrected chi connectivity index (χ2v) is 5.26. The Labute approximate surface area is 122 Å². The second kappa shape index (κ2) is 5.23. The summed E-state index contributed by atoms with van der Waals surface area (Å²) in [5.74, 6) is -0.0526. The first kappa shape index (κ1) is 13.1. The van der Waals surface area contributed by atoms with Crippen LogP contribution in [0.1, 0.15) is 30.1 Å². The zero-order valence-corrected chi connectivity index (χ0v) is 11.7. The van der Waals surface area contributed by atoms with Gasteiger partial charge in [-0.1, -0.05) is 11.6 Å². The number of fused-ring (bicyclic) bond motifs is 1. The van der Waals surface area contributed by atoms with Crippen LogP contribution in [0.3, 0.4) is 0 Å². The van der Waals surface area contributed by atoms with Crippen molar-refractivity contribution in [3.63, 3.8) is 0 Å². The number of nitrogens with zero attached hydrogens (tertiary/aromatic N) is 1. The highest BCUT2D eigenvalue weighted by Gasteiger charge is 2.31. The van der Waals surface area contributed by atoms with E-state index in [9.17, 15) is 4.79 Å². The molecule has 2 aromatic rings. The van der Waals surface area contributed by atoms with Gasteiger partial charge in [-0.2, -0.15) is 0 Å². The van der Waals surface area contributed by atoms with Crippen molar-refractivity contribution in [1.82, 2.24) is 10.3 Å². The van der Waals surface area contributed by atoms with Crippen molar-refractivity contribution in [3.05, 3.63) is 58.9 Å². The van der Waals surface area contributed by atoms with Crippen molar-refractivity contribution in [2.24, 2.45) is 0 Å². The van der Waals surface area contributed by atoms with Crippen LogP contribution in [-0.4, -0.2) is 10.9 Å². The van der Waals surface area contributed by atoms with Gasteiger partial charge < -0.3 is 5.32 Å². The van der Waals surface area contributed by atoms with Crippen LogP contribution in [0.25, 0.3) is 0 Å². The van der Waals surface area contributed by atoms with Crippen molar-refractivity contribution >= 4 is 23.2 Å². The van der Waals surface area contributed by atoms with E-state index in [1.54, 1.807) is 18.5 Å². The molecular weight excluding hydrogens is 274 g/mol. The number of hydrogen-bond acceptors (Lipinski definition) is 3. The lowest BCUT2D eigenvalue weighted by Gasteiger charge is -2.18. The van der Waals surface area contributed by atoms with Crippen molar-refractivity contribution in [2.45, 2.75) is 19.0 Å². The molecule has 1 aliphatic heterocycles. The first-order chi connectivity index (χ1) is 9.65. The quantitative estimate of drug-likeness (QED) is 0.912. The van der Waals surface area contributed by atoms with E-state index in [1.165, 1.54) is 0 Å². The minimum absolute atomic E-state index is 0.0404. The minimum atomic E-state index is -0.383. The topological polar surface area (TPSA) is 54.0 Å². The van der Waals surface area contributed by atoms with Crippen molar-refractivity contribution in [1.29, 1.82) is 0 Å². The number of amides is 1. The summed E-state index contributed by atoms with van der Waals surface area (Å²) in [5.41, 5.74) is 2.80. The molecule has 4 nitrogen and oxygen atoms in total. The van der Waals surface area contributed by atoms with Gasteiger partial charge in [-0.3, -0.25) is 15.1 Å². The van der Waals surface area contributed by atoms with Gasteiger partial charge in [0.15, 0.2) is 0 Å². The smallest absolute Gasteiger partial charge is 0.246 e. The Morgan fingerprint density at radius 2 is 2.05 bits per heavy atom. The zero-order valence-electron chi connectivity index (χ0n) is 10.9. The number of aromatic nitrogens is 1. The van der Waals surface area contributed by atoms with Crippen molar-refractivity contribution in [2.75, 3.05) is 5.32 Å². The van der Waals surface area contributed by atoms with Gasteiger partial charge in [0.05, 0.1) is 0 Å². The van der Waals surface area contributed by atoms with E-state index in [-0.39, 0.29) is 18.0 Å². The molecule has 2 heterocycles. The summed E-state index contributed by atoms with van der Waals surface area (Å²) in [6.07, 6.45) is 3.49. The summed E-state index contributed by atoms with van der Waals surface area (Å²) < 4.78 is 0. The third-order valence-electron chi connectivity index (χ3n) is 3.47. The number of halogens is 1. The lowest BCUT2D eigenvalue weighted by molar-refractivity contribution is -0.117. The third kappa shape index (κ3) is 2.40. The van der Waals surface area contributed by atoms with Crippen LogP contribution in [0, 0.1) is 0 Å². The molecule has 5 heteroatoms. The van der Waals surface area contributed by atoms with E-state index >= 15 is 0 Å². The van der Waals surface area contributed by atoms with Crippen LogP contribution in [0.5, 0.6) is 0 Å². The van der Waals surface area contributed by atoms with Gasteiger partial charge in [-0.15, -0.1) is 0 Å². The van der Waals surface area contributed by atoms with E-state index in [4.69, 9.17) is 11.6 Å². The van der Waals surface area contributed by atoms with Crippen molar-refractivity contribution in [3.8, 4) is 0 Å². The van der Waals surface area contributed by atoms with Crippen LogP contribution in [0.4, 0.5) is 5.69 Å². The monoisotopic (exact) mass is 287 g/mol. The largest absolute Gasteiger partial charge is 0.324 e. The van der Waals surface area contributed by atoms with Gasteiger partial charge >= 0.3 is 0 Å².